The molecular weight excluding hydrogens is 388 g/mol. The molecule has 9 heteroatoms. The normalized spacial score (nSPS) is 22.8. The van der Waals surface area contributed by atoms with E-state index in [1.165, 1.54) is 0 Å². The average Bonchev–Trinajstić information content (AvgIpc) is 3.21. The van der Waals surface area contributed by atoms with Crippen LogP contribution < -0.4 is 10.5 Å². The summed E-state index contributed by atoms with van der Waals surface area (Å²) in [6.45, 7) is 3.98. The summed E-state index contributed by atoms with van der Waals surface area (Å²) < 4.78 is 27.0. The quantitative estimate of drug-likeness (QED) is 0.735. The van der Waals surface area contributed by atoms with Gasteiger partial charge in [-0.1, -0.05) is 31.9 Å². The Morgan fingerprint density at radius 1 is 1.41 bits per heavy atom. The van der Waals surface area contributed by atoms with Gasteiger partial charge >= 0.3 is 0 Å². The number of hydrogen-bond acceptors (Lipinski definition) is 5. The van der Waals surface area contributed by atoms with Gasteiger partial charge in [-0.2, -0.15) is 0 Å². The summed E-state index contributed by atoms with van der Waals surface area (Å²) in [6, 6.07) is 6.14. The number of nitrogens with one attached hydrogen (secondary N) is 1. The summed E-state index contributed by atoms with van der Waals surface area (Å²) in [5.74, 6) is 0.569. The second-order valence-corrected chi connectivity index (χ2v) is 8.56. The van der Waals surface area contributed by atoms with E-state index in [1.54, 1.807) is 24.3 Å². The second-order valence-electron chi connectivity index (χ2n) is 6.91. The molecule has 0 bridgehead atoms. The summed E-state index contributed by atoms with van der Waals surface area (Å²) in [7, 11) is -3.60. The number of benzene rings is 1. The fourth-order valence-electron chi connectivity index (χ4n) is 3.46. The molecule has 2 aliphatic heterocycles. The van der Waals surface area contributed by atoms with Gasteiger partial charge in [-0.3, -0.25) is 14.5 Å². The van der Waals surface area contributed by atoms with Crippen molar-refractivity contribution in [3.05, 3.63) is 29.8 Å². The van der Waals surface area contributed by atoms with Crippen molar-refractivity contribution in [3.8, 4) is 0 Å². The van der Waals surface area contributed by atoms with Gasteiger partial charge in [0.2, 0.25) is 5.91 Å². The largest absolute Gasteiger partial charge is 0.341 e. The molecule has 150 valence electrons. The zero-order valence-corrected chi connectivity index (χ0v) is 17.1. The molecule has 2 heterocycles. The number of hydrogen-bond donors (Lipinski definition) is 2. The van der Waals surface area contributed by atoms with Crippen molar-refractivity contribution in [1.29, 1.82) is 0 Å². The van der Waals surface area contributed by atoms with Crippen molar-refractivity contribution < 1.29 is 13.2 Å². The monoisotopic (exact) mass is 414 g/mol. The van der Waals surface area contributed by atoms with Crippen LogP contribution in [0.1, 0.15) is 38.2 Å². The van der Waals surface area contributed by atoms with Crippen molar-refractivity contribution in [1.82, 2.24) is 9.62 Å². The van der Waals surface area contributed by atoms with E-state index >= 15 is 0 Å². The topological polar surface area (TPSA) is 105 Å². The number of carbonyl (C=O) groups excluding carboxylic acids is 1. The van der Waals surface area contributed by atoms with Crippen LogP contribution in [0.25, 0.3) is 0 Å². The van der Waals surface area contributed by atoms with E-state index in [2.05, 4.69) is 16.6 Å². The van der Waals surface area contributed by atoms with E-state index in [0.717, 1.165) is 19.3 Å². The molecule has 7 nitrogen and oxygen atoms in total. The SMILES string of the molecule is CCCCC(N=C1NS(=O)(=O)c2ccccc21)C(=O)N1CCC(CN)C1.Cl. The van der Waals surface area contributed by atoms with E-state index < -0.39 is 16.1 Å². The molecule has 1 aromatic carbocycles. The maximum atomic E-state index is 13.0. The van der Waals surface area contributed by atoms with Crippen molar-refractivity contribution in [2.75, 3.05) is 19.6 Å². The maximum absolute atomic E-state index is 13.0. The minimum atomic E-state index is -3.60. The van der Waals surface area contributed by atoms with E-state index in [-0.39, 0.29) is 29.0 Å². The van der Waals surface area contributed by atoms with Gasteiger partial charge in [-0.25, -0.2) is 8.42 Å². The molecule has 2 aliphatic rings. The van der Waals surface area contributed by atoms with E-state index in [0.29, 0.717) is 37.5 Å². The minimum Gasteiger partial charge on any atom is -0.341 e. The fraction of sp³-hybridized carbons (Fsp3) is 0.556. The Morgan fingerprint density at radius 2 is 2.15 bits per heavy atom. The van der Waals surface area contributed by atoms with Gasteiger partial charge in [-0.05, 0) is 37.4 Å². The molecule has 1 aromatic rings. The van der Waals surface area contributed by atoms with Crippen molar-refractivity contribution in [3.63, 3.8) is 0 Å². The number of carbonyl (C=O) groups is 1. The number of aliphatic imine (C=N–C) groups is 1. The van der Waals surface area contributed by atoms with Gasteiger partial charge in [0.15, 0.2) is 0 Å². The summed E-state index contributed by atoms with van der Waals surface area (Å²) in [4.78, 5) is 19.6. The number of sulfonamides is 1. The first-order valence-electron chi connectivity index (χ1n) is 9.15. The Hall–Kier alpha value is -1.64. The second kappa shape index (κ2) is 9.03. The highest BCUT2D eigenvalue weighted by atomic mass is 35.5. The first-order valence-corrected chi connectivity index (χ1v) is 10.6. The smallest absolute Gasteiger partial charge is 0.263 e. The standard InChI is InChI=1S/C18H26N4O3S.ClH/c1-2-3-7-15(18(23)22-10-9-13(11-19)12-22)20-17-14-6-4-5-8-16(14)26(24,25)21-17;/h4-6,8,13,15H,2-3,7,9-12,19H2,1H3,(H,20,21);1H. The van der Waals surface area contributed by atoms with Gasteiger partial charge < -0.3 is 10.6 Å². The van der Waals surface area contributed by atoms with Crippen molar-refractivity contribution in [2.24, 2.45) is 16.6 Å². The first-order chi connectivity index (χ1) is 12.5. The predicted octanol–water partition coefficient (Wildman–Crippen LogP) is 1.51. The van der Waals surface area contributed by atoms with E-state index in [9.17, 15) is 13.2 Å². The van der Waals surface area contributed by atoms with Crippen molar-refractivity contribution >= 4 is 34.2 Å². The van der Waals surface area contributed by atoms with Crippen LogP contribution in [0.3, 0.4) is 0 Å². The molecular formula is C18H27ClN4O3S. The number of nitrogens with two attached hydrogens (primary N) is 1. The van der Waals surface area contributed by atoms with Gasteiger partial charge in [0.25, 0.3) is 10.0 Å². The lowest BCUT2D eigenvalue weighted by molar-refractivity contribution is -0.131. The van der Waals surface area contributed by atoms with Crippen LogP contribution in [-0.4, -0.2) is 50.7 Å². The summed E-state index contributed by atoms with van der Waals surface area (Å²) in [5, 5.41) is 0. The minimum absolute atomic E-state index is 0. The molecule has 1 saturated heterocycles. The highest BCUT2D eigenvalue weighted by Crippen LogP contribution is 2.24. The molecule has 2 unspecified atom stereocenters. The number of nitrogens with zero attached hydrogens (tertiary/aromatic N) is 2. The van der Waals surface area contributed by atoms with Crippen LogP contribution in [0.15, 0.2) is 34.2 Å². The molecule has 0 saturated carbocycles. The van der Waals surface area contributed by atoms with E-state index in [1.807, 2.05) is 4.90 Å². The number of fused-ring (bicyclic) bond motifs is 1. The lowest BCUT2D eigenvalue weighted by Crippen LogP contribution is -2.38. The Labute approximate surface area is 166 Å². The number of unbranched alkanes of at least 4 members (excludes halogenated alkanes) is 1. The Bertz CT molecular complexity index is 813. The lowest BCUT2D eigenvalue weighted by atomic mass is 10.1. The summed E-state index contributed by atoms with van der Waals surface area (Å²) in [5.41, 5.74) is 6.26. The van der Waals surface area contributed by atoms with E-state index in [4.69, 9.17) is 5.73 Å². The zero-order valence-electron chi connectivity index (χ0n) is 15.4. The third-order valence-electron chi connectivity index (χ3n) is 4.99. The van der Waals surface area contributed by atoms with Crippen LogP contribution in [-0.2, 0) is 14.8 Å². The first kappa shape index (κ1) is 21.7. The van der Waals surface area contributed by atoms with Crippen LogP contribution >= 0.6 is 12.4 Å². The maximum Gasteiger partial charge on any atom is 0.263 e. The molecule has 3 N–H and O–H groups in total. The third-order valence-corrected chi connectivity index (χ3v) is 6.39. The van der Waals surface area contributed by atoms with Crippen LogP contribution in [0.2, 0.25) is 0 Å². The molecule has 27 heavy (non-hydrogen) atoms. The van der Waals surface area contributed by atoms with Gasteiger partial charge in [0, 0.05) is 18.7 Å². The molecule has 0 aliphatic carbocycles. The number of likely N-dealkylation sites (tertiary alicyclic amines) is 1. The third kappa shape index (κ3) is 4.62. The average molecular weight is 415 g/mol. The number of amidine groups is 1. The Morgan fingerprint density at radius 3 is 2.81 bits per heavy atom. The zero-order chi connectivity index (χ0) is 18.7. The van der Waals surface area contributed by atoms with Crippen LogP contribution in [0.4, 0.5) is 0 Å². The summed E-state index contributed by atoms with van der Waals surface area (Å²) >= 11 is 0. The van der Waals surface area contributed by atoms with Gasteiger partial charge in [0.1, 0.15) is 11.9 Å². The predicted molar refractivity (Wildman–Crippen MR) is 108 cm³/mol. The fourth-order valence-corrected chi connectivity index (χ4v) is 4.70. The number of halogens is 1. The molecule has 0 spiro atoms. The number of amides is 1. The molecule has 1 amide bonds. The van der Waals surface area contributed by atoms with Gasteiger partial charge in [-0.15, -0.1) is 12.4 Å². The highest BCUT2D eigenvalue weighted by molar-refractivity contribution is 7.90. The van der Waals surface area contributed by atoms with Gasteiger partial charge in [0.05, 0.1) is 4.90 Å². The lowest BCUT2D eigenvalue weighted by Gasteiger charge is -2.21. The molecule has 2 atom stereocenters. The number of rotatable bonds is 6. The van der Waals surface area contributed by atoms with Crippen LogP contribution in [0, 0.1) is 5.92 Å². The van der Waals surface area contributed by atoms with Crippen LogP contribution in [0.5, 0.6) is 0 Å². The molecule has 0 aromatic heterocycles. The molecule has 0 radical (unpaired) electrons. The molecule has 3 rings (SSSR count). The Balaban J connectivity index is 0.00000261. The Kier molecular flexibility index (Phi) is 7.25. The molecule has 1 fully saturated rings. The van der Waals surface area contributed by atoms with Crippen molar-refractivity contribution in [2.45, 2.75) is 43.5 Å². The summed E-state index contributed by atoms with van der Waals surface area (Å²) in [6.07, 6.45) is 3.32. The highest BCUT2D eigenvalue weighted by Gasteiger charge is 2.34.